The zero-order valence-electron chi connectivity index (χ0n) is 12.5. The lowest BCUT2D eigenvalue weighted by Crippen LogP contribution is -2.51. The first kappa shape index (κ1) is 14.3. The van der Waals surface area contributed by atoms with Crippen LogP contribution in [0.2, 0.25) is 0 Å². The molecule has 1 aromatic rings. The largest absolute Gasteiger partial charge is 0.468 e. The van der Waals surface area contributed by atoms with Gasteiger partial charge in [-0.05, 0) is 37.2 Å². The number of carbonyl (C=O) groups excluding carboxylic acids is 2. The molecule has 1 aromatic carbocycles. The zero-order valence-corrected chi connectivity index (χ0v) is 12.5. The number of Topliss-reactive ketones (excluding diaryl/α,β-unsaturated/α-hetero) is 1. The van der Waals surface area contributed by atoms with Gasteiger partial charge in [-0.15, -0.1) is 0 Å². The van der Waals surface area contributed by atoms with Crippen LogP contribution in [0.25, 0.3) is 0 Å². The molecule has 3 rings (SSSR count). The van der Waals surface area contributed by atoms with Crippen LogP contribution in [-0.4, -0.2) is 18.9 Å². The van der Waals surface area contributed by atoms with Crippen molar-refractivity contribution in [2.45, 2.75) is 44.4 Å². The third kappa shape index (κ3) is 2.39. The molecule has 112 valence electrons. The highest BCUT2D eigenvalue weighted by Crippen LogP contribution is 2.54. The summed E-state index contributed by atoms with van der Waals surface area (Å²) in [6.07, 6.45) is 5.31. The van der Waals surface area contributed by atoms with Crippen molar-refractivity contribution in [2.24, 2.45) is 11.3 Å². The fourth-order valence-electron chi connectivity index (χ4n) is 3.98. The standard InChI is InChI=1S/C18H22O3/c1-21-17(20)18(16(19)14-9-5-6-10-14)11-15(12-18)13-7-3-2-4-8-13/h2-4,7-8,14-15H,5-6,9-12H2,1H3. The molecule has 0 unspecified atom stereocenters. The average molecular weight is 286 g/mol. The van der Waals surface area contributed by atoms with Crippen LogP contribution in [0.5, 0.6) is 0 Å². The Balaban J connectivity index is 1.78. The van der Waals surface area contributed by atoms with Crippen LogP contribution in [-0.2, 0) is 14.3 Å². The number of hydrogen-bond donors (Lipinski definition) is 0. The molecule has 0 heterocycles. The van der Waals surface area contributed by atoms with Gasteiger partial charge < -0.3 is 4.74 Å². The molecule has 0 aliphatic heterocycles. The summed E-state index contributed by atoms with van der Waals surface area (Å²) in [5, 5.41) is 0. The number of benzene rings is 1. The maximum Gasteiger partial charge on any atom is 0.319 e. The topological polar surface area (TPSA) is 43.4 Å². The van der Waals surface area contributed by atoms with Gasteiger partial charge in [0.25, 0.3) is 0 Å². The monoisotopic (exact) mass is 286 g/mol. The van der Waals surface area contributed by atoms with Crippen molar-refractivity contribution in [3.63, 3.8) is 0 Å². The lowest BCUT2D eigenvalue weighted by atomic mass is 9.56. The summed E-state index contributed by atoms with van der Waals surface area (Å²) in [4.78, 5) is 25.1. The Morgan fingerprint density at radius 2 is 1.71 bits per heavy atom. The van der Waals surface area contributed by atoms with Gasteiger partial charge in [-0.2, -0.15) is 0 Å². The smallest absolute Gasteiger partial charge is 0.319 e. The van der Waals surface area contributed by atoms with Crippen LogP contribution in [0, 0.1) is 11.3 Å². The number of rotatable bonds is 4. The number of ether oxygens (including phenoxy) is 1. The summed E-state index contributed by atoms with van der Waals surface area (Å²) in [5.74, 6) is 0.182. The van der Waals surface area contributed by atoms with Gasteiger partial charge in [-0.3, -0.25) is 9.59 Å². The molecule has 3 heteroatoms. The second-order valence-corrected chi connectivity index (χ2v) is 6.44. The maximum atomic E-state index is 12.8. The summed E-state index contributed by atoms with van der Waals surface area (Å²) >= 11 is 0. The molecule has 2 aliphatic carbocycles. The maximum absolute atomic E-state index is 12.8. The van der Waals surface area contributed by atoms with E-state index in [0.717, 1.165) is 25.7 Å². The quantitative estimate of drug-likeness (QED) is 0.628. The number of ketones is 1. The van der Waals surface area contributed by atoms with Crippen molar-refractivity contribution >= 4 is 11.8 Å². The zero-order chi connectivity index (χ0) is 14.9. The van der Waals surface area contributed by atoms with Gasteiger partial charge in [0, 0.05) is 5.92 Å². The summed E-state index contributed by atoms with van der Waals surface area (Å²) < 4.78 is 4.96. The molecular weight excluding hydrogens is 264 g/mol. The highest BCUT2D eigenvalue weighted by Gasteiger charge is 2.58. The summed E-state index contributed by atoms with van der Waals surface area (Å²) in [5.41, 5.74) is 0.348. The summed E-state index contributed by atoms with van der Waals surface area (Å²) in [7, 11) is 1.39. The van der Waals surface area contributed by atoms with E-state index in [1.807, 2.05) is 18.2 Å². The minimum atomic E-state index is -0.871. The number of carbonyl (C=O) groups is 2. The van der Waals surface area contributed by atoms with Gasteiger partial charge in [0.1, 0.15) is 5.41 Å². The third-order valence-electron chi connectivity index (χ3n) is 5.23. The first-order valence-corrected chi connectivity index (χ1v) is 7.85. The van der Waals surface area contributed by atoms with Crippen LogP contribution in [0.4, 0.5) is 0 Å². The molecule has 0 spiro atoms. The van der Waals surface area contributed by atoms with Crippen LogP contribution in [0.15, 0.2) is 30.3 Å². The molecule has 2 aliphatic rings. The predicted molar refractivity (Wildman–Crippen MR) is 79.8 cm³/mol. The average Bonchev–Trinajstić information content (AvgIpc) is 3.01. The number of methoxy groups -OCH3 is 1. The minimum absolute atomic E-state index is 0.0702. The Bertz CT molecular complexity index is 523. The van der Waals surface area contributed by atoms with Crippen LogP contribution < -0.4 is 0 Å². The number of hydrogen-bond acceptors (Lipinski definition) is 3. The lowest BCUT2D eigenvalue weighted by molar-refractivity contribution is -0.167. The van der Waals surface area contributed by atoms with Gasteiger partial charge in [0.15, 0.2) is 5.78 Å². The molecule has 0 N–H and O–H groups in total. The molecular formula is C18H22O3. The Morgan fingerprint density at radius 1 is 1.10 bits per heavy atom. The van der Waals surface area contributed by atoms with Crippen LogP contribution in [0.1, 0.15) is 50.0 Å². The normalized spacial score (nSPS) is 28.9. The lowest BCUT2D eigenvalue weighted by Gasteiger charge is -2.45. The molecule has 0 amide bonds. The molecule has 21 heavy (non-hydrogen) atoms. The summed E-state index contributed by atoms with van der Waals surface area (Å²) in [6.45, 7) is 0. The molecule has 0 atom stereocenters. The Morgan fingerprint density at radius 3 is 2.29 bits per heavy atom. The van der Waals surface area contributed by atoms with E-state index in [-0.39, 0.29) is 17.7 Å². The van der Waals surface area contributed by atoms with Crippen LogP contribution >= 0.6 is 0 Å². The van der Waals surface area contributed by atoms with E-state index in [0.29, 0.717) is 18.8 Å². The van der Waals surface area contributed by atoms with E-state index < -0.39 is 5.41 Å². The van der Waals surface area contributed by atoms with Gasteiger partial charge in [-0.1, -0.05) is 43.2 Å². The van der Waals surface area contributed by atoms with Crippen molar-refractivity contribution in [1.82, 2.24) is 0 Å². The van der Waals surface area contributed by atoms with Gasteiger partial charge >= 0.3 is 5.97 Å². The van der Waals surface area contributed by atoms with E-state index in [9.17, 15) is 9.59 Å². The highest BCUT2D eigenvalue weighted by molar-refractivity contribution is 6.06. The van der Waals surface area contributed by atoms with Crippen LogP contribution in [0.3, 0.4) is 0 Å². The van der Waals surface area contributed by atoms with E-state index in [4.69, 9.17) is 4.74 Å². The summed E-state index contributed by atoms with van der Waals surface area (Å²) in [6, 6.07) is 10.1. The first-order valence-electron chi connectivity index (χ1n) is 7.85. The molecule has 3 nitrogen and oxygen atoms in total. The number of esters is 1. The Hall–Kier alpha value is -1.64. The highest BCUT2D eigenvalue weighted by atomic mass is 16.5. The van der Waals surface area contributed by atoms with E-state index in [1.165, 1.54) is 12.7 Å². The van der Waals surface area contributed by atoms with E-state index >= 15 is 0 Å². The van der Waals surface area contributed by atoms with Gasteiger partial charge in [-0.25, -0.2) is 0 Å². The third-order valence-corrected chi connectivity index (χ3v) is 5.23. The Kier molecular flexibility index (Phi) is 3.83. The van der Waals surface area contributed by atoms with Crippen molar-refractivity contribution in [3.05, 3.63) is 35.9 Å². The van der Waals surface area contributed by atoms with Crippen molar-refractivity contribution in [1.29, 1.82) is 0 Å². The molecule has 0 saturated heterocycles. The first-order chi connectivity index (χ1) is 10.2. The van der Waals surface area contributed by atoms with Gasteiger partial charge in [0.05, 0.1) is 7.11 Å². The second-order valence-electron chi connectivity index (χ2n) is 6.44. The van der Waals surface area contributed by atoms with Crippen molar-refractivity contribution in [2.75, 3.05) is 7.11 Å². The van der Waals surface area contributed by atoms with Gasteiger partial charge in [0.2, 0.25) is 0 Å². The fourth-order valence-corrected chi connectivity index (χ4v) is 3.98. The minimum Gasteiger partial charge on any atom is -0.468 e. The molecule has 0 radical (unpaired) electrons. The van der Waals surface area contributed by atoms with E-state index in [1.54, 1.807) is 0 Å². The predicted octanol–water partition coefficient (Wildman–Crippen LogP) is 3.48. The van der Waals surface area contributed by atoms with E-state index in [2.05, 4.69) is 12.1 Å². The molecule has 2 fully saturated rings. The second kappa shape index (κ2) is 5.63. The van der Waals surface area contributed by atoms with Crippen molar-refractivity contribution in [3.8, 4) is 0 Å². The Labute approximate surface area is 125 Å². The molecule has 0 bridgehead atoms. The van der Waals surface area contributed by atoms with Crippen molar-refractivity contribution < 1.29 is 14.3 Å². The fraction of sp³-hybridized carbons (Fsp3) is 0.556. The SMILES string of the molecule is COC(=O)C1(C(=O)C2CCCC2)CC(c2ccccc2)C1. The molecule has 2 saturated carbocycles. The molecule has 0 aromatic heterocycles.